The third-order valence-electron chi connectivity index (χ3n) is 3.30. The van der Waals surface area contributed by atoms with Crippen molar-refractivity contribution < 1.29 is 4.79 Å². The molecule has 106 valence electrons. The van der Waals surface area contributed by atoms with E-state index < -0.39 is 0 Å². The zero-order chi connectivity index (χ0) is 13.0. The monoisotopic (exact) mass is 300 g/mol. The minimum atomic E-state index is 0. The van der Waals surface area contributed by atoms with Crippen LogP contribution < -0.4 is 5.32 Å². The van der Waals surface area contributed by atoms with E-state index in [0.29, 0.717) is 0 Å². The van der Waals surface area contributed by atoms with Gasteiger partial charge in [-0.2, -0.15) is 0 Å². The second kappa shape index (κ2) is 7.78. The maximum absolute atomic E-state index is 12.5. The Bertz CT molecular complexity index is 431. The molecule has 1 aliphatic heterocycles. The third kappa shape index (κ3) is 4.13. The number of hydrogen-bond acceptors (Lipinski definition) is 3. The molecule has 0 atom stereocenters. The predicted octanol–water partition coefficient (Wildman–Crippen LogP) is 2.57. The van der Waals surface area contributed by atoms with Crippen LogP contribution in [0.25, 0.3) is 0 Å². The third-order valence-corrected chi connectivity index (χ3v) is 4.03. The lowest BCUT2D eigenvalue weighted by Gasteiger charge is -2.21. The number of halogens is 1. The first-order valence-corrected chi connectivity index (χ1v) is 7.59. The van der Waals surface area contributed by atoms with Gasteiger partial charge < -0.3 is 10.2 Å². The lowest BCUT2D eigenvalue weighted by atomic mass is 10.1. The molecule has 0 aliphatic carbocycles. The van der Waals surface area contributed by atoms with E-state index in [4.69, 9.17) is 0 Å². The van der Waals surface area contributed by atoms with Crippen molar-refractivity contribution in [3.63, 3.8) is 0 Å². The molecule has 1 amide bonds. The molecule has 0 unspecified atom stereocenters. The van der Waals surface area contributed by atoms with Crippen molar-refractivity contribution >= 4 is 30.1 Å². The molecule has 1 fully saturated rings. The molecule has 0 radical (unpaired) electrons. The Morgan fingerprint density at radius 2 is 2.11 bits per heavy atom. The summed E-state index contributed by atoms with van der Waals surface area (Å²) < 4.78 is 0. The molecule has 3 nitrogen and oxygen atoms in total. The fourth-order valence-electron chi connectivity index (χ4n) is 2.18. The van der Waals surface area contributed by atoms with Gasteiger partial charge >= 0.3 is 0 Å². The molecule has 19 heavy (non-hydrogen) atoms. The molecule has 1 N–H and O–H groups in total. The van der Waals surface area contributed by atoms with E-state index in [0.717, 1.165) is 48.6 Å². The molecule has 5 heteroatoms. The van der Waals surface area contributed by atoms with Crippen molar-refractivity contribution in [1.29, 1.82) is 0 Å². The maximum atomic E-state index is 12.5. The van der Waals surface area contributed by atoms with Crippen molar-refractivity contribution in [3.8, 4) is 0 Å². The van der Waals surface area contributed by atoms with Gasteiger partial charge in [0.05, 0.1) is 0 Å². The van der Waals surface area contributed by atoms with Crippen LogP contribution in [0, 0.1) is 6.92 Å². The van der Waals surface area contributed by atoms with Crippen molar-refractivity contribution in [2.45, 2.75) is 18.2 Å². The number of amides is 1. The second-order valence-electron chi connectivity index (χ2n) is 4.58. The molecule has 1 aromatic carbocycles. The first kappa shape index (κ1) is 16.3. The van der Waals surface area contributed by atoms with Gasteiger partial charge in [-0.05, 0) is 43.8 Å². The van der Waals surface area contributed by atoms with E-state index in [1.165, 1.54) is 0 Å². The number of aryl methyl sites for hydroxylation is 1. The number of carbonyl (C=O) groups is 1. The summed E-state index contributed by atoms with van der Waals surface area (Å²) in [5, 5.41) is 3.32. The topological polar surface area (TPSA) is 32.3 Å². The molecule has 0 aromatic heterocycles. The summed E-state index contributed by atoms with van der Waals surface area (Å²) in [6.07, 6.45) is 3.07. The van der Waals surface area contributed by atoms with Gasteiger partial charge in [0.1, 0.15) is 0 Å². The van der Waals surface area contributed by atoms with Gasteiger partial charge in [-0.1, -0.05) is 6.07 Å². The fourth-order valence-corrected chi connectivity index (χ4v) is 2.62. The van der Waals surface area contributed by atoms with Crippen LogP contribution in [0.1, 0.15) is 22.3 Å². The zero-order valence-electron chi connectivity index (χ0n) is 11.4. The molecule has 0 bridgehead atoms. The summed E-state index contributed by atoms with van der Waals surface area (Å²) in [4.78, 5) is 15.6. The van der Waals surface area contributed by atoms with Crippen LogP contribution in [-0.4, -0.2) is 43.2 Å². The molecule has 1 aliphatic rings. The Balaban J connectivity index is 0.00000180. The van der Waals surface area contributed by atoms with Crippen LogP contribution in [-0.2, 0) is 0 Å². The molecular formula is C14H21ClN2OS. The molecule has 1 aromatic rings. The van der Waals surface area contributed by atoms with Crippen LogP contribution in [0.5, 0.6) is 0 Å². The van der Waals surface area contributed by atoms with E-state index in [1.54, 1.807) is 11.8 Å². The van der Waals surface area contributed by atoms with Crippen LogP contribution in [0.2, 0.25) is 0 Å². The largest absolute Gasteiger partial charge is 0.337 e. The van der Waals surface area contributed by atoms with E-state index >= 15 is 0 Å². The summed E-state index contributed by atoms with van der Waals surface area (Å²) in [5.41, 5.74) is 1.92. The van der Waals surface area contributed by atoms with Crippen molar-refractivity contribution in [3.05, 3.63) is 29.3 Å². The molecule has 2 rings (SSSR count). The van der Waals surface area contributed by atoms with Gasteiger partial charge in [-0.25, -0.2) is 0 Å². The van der Waals surface area contributed by atoms with Gasteiger partial charge in [0, 0.05) is 30.1 Å². The van der Waals surface area contributed by atoms with Crippen molar-refractivity contribution in [2.75, 3.05) is 32.4 Å². The number of nitrogens with one attached hydrogen (secondary N) is 1. The average molecular weight is 301 g/mol. The highest BCUT2D eigenvalue weighted by Crippen LogP contribution is 2.20. The van der Waals surface area contributed by atoms with E-state index in [2.05, 4.69) is 11.4 Å². The van der Waals surface area contributed by atoms with E-state index in [1.807, 2.05) is 30.2 Å². The minimum absolute atomic E-state index is 0. The van der Waals surface area contributed by atoms with Gasteiger partial charge in [-0.3, -0.25) is 4.79 Å². The number of rotatable bonds is 2. The maximum Gasteiger partial charge on any atom is 0.254 e. The smallest absolute Gasteiger partial charge is 0.254 e. The zero-order valence-corrected chi connectivity index (χ0v) is 13.1. The van der Waals surface area contributed by atoms with Gasteiger partial charge in [0.15, 0.2) is 0 Å². The molecular weight excluding hydrogens is 280 g/mol. The van der Waals surface area contributed by atoms with Crippen LogP contribution in [0.4, 0.5) is 0 Å². The standard InChI is InChI=1S/C14H20N2OS.ClH/c1-11-4-5-12(18-2)10-13(11)14(17)16-8-3-6-15-7-9-16;/h4-5,10,15H,3,6-9H2,1-2H3;1H. The Hall–Kier alpha value is -0.710. The summed E-state index contributed by atoms with van der Waals surface area (Å²) in [6.45, 7) is 5.57. The Kier molecular flexibility index (Phi) is 6.69. The fraction of sp³-hybridized carbons (Fsp3) is 0.500. The summed E-state index contributed by atoms with van der Waals surface area (Å²) in [5.74, 6) is 0.173. The Morgan fingerprint density at radius 3 is 2.84 bits per heavy atom. The highest BCUT2D eigenvalue weighted by molar-refractivity contribution is 7.98. The lowest BCUT2D eigenvalue weighted by Crippen LogP contribution is -2.34. The molecule has 1 saturated heterocycles. The highest BCUT2D eigenvalue weighted by atomic mass is 35.5. The first-order valence-electron chi connectivity index (χ1n) is 6.37. The normalized spacial score (nSPS) is 15.6. The van der Waals surface area contributed by atoms with Crippen LogP contribution in [0.3, 0.4) is 0 Å². The summed E-state index contributed by atoms with van der Waals surface area (Å²) in [7, 11) is 0. The number of thioether (sulfide) groups is 1. The van der Waals surface area contributed by atoms with Crippen molar-refractivity contribution in [2.24, 2.45) is 0 Å². The van der Waals surface area contributed by atoms with Gasteiger partial charge in [0.2, 0.25) is 0 Å². The SMILES string of the molecule is CSc1ccc(C)c(C(=O)N2CCCNCC2)c1.Cl. The van der Waals surface area contributed by atoms with Crippen molar-refractivity contribution in [1.82, 2.24) is 10.2 Å². The van der Waals surface area contributed by atoms with E-state index in [9.17, 15) is 4.79 Å². The highest BCUT2D eigenvalue weighted by Gasteiger charge is 2.18. The lowest BCUT2D eigenvalue weighted by molar-refractivity contribution is 0.0765. The van der Waals surface area contributed by atoms with E-state index in [-0.39, 0.29) is 18.3 Å². The number of benzene rings is 1. The summed E-state index contributed by atoms with van der Waals surface area (Å²) in [6, 6.07) is 6.12. The first-order chi connectivity index (χ1) is 8.72. The van der Waals surface area contributed by atoms with Crippen LogP contribution in [0.15, 0.2) is 23.1 Å². The number of carbonyl (C=O) groups excluding carboxylic acids is 1. The predicted molar refractivity (Wildman–Crippen MR) is 83.6 cm³/mol. The summed E-state index contributed by atoms with van der Waals surface area (Å²) >= 11 is 1.68. The number of nitrogens with zero attached hydrogens (tertiary/aromatic N) is 1. The minimum Gasteiger partial charge on any atom is -0.337 e. The Morgan fingerprint density at radius 1 is 1.32 bits per heavy atom. The molecule has 1 heterocycles. The number of hydrogen-bond donors (Lipinski definition) is 1. The second-order valence-corrected chi connectivity index (χ2v) is 5.46. The van der Waals surface area contributed by atoms with Gasteiger partial charge in [0.25, 0.3) is 5.91 Å². The quantitative estimate of drug-likeness (QED) is 0.852. The van der Waals surface area contributed by atoms with Crippen LogP contribution >= 0.6 is 24.2 Å². The Labute approximate surface area is 125 Å². The molecule has 0 saturated carbocycles. The van der Waals surface area contributed by atoms with Gasteiger partial charge in [-0.15, -0.1) is 24.2 Å². The molecule has 0 spiro atoms. The average Bonchev–Trinajstić information content (AvgIpc) is 2.67.